The van der Waals surface area contributed by atoms with Crippen LogP contribution in [0.15, 0.2) is 53.0 Å². The predicted octanol–water partition coefficient (Wildman–Crippen LogP) is 6.71. The molecule has 3 rings (SSSR count). The van der Waals surface area contributed by atoms with Crippen LogP contribution in [-0.2, 0) is 4.57 Å². The van der Waals surface area contributed by atoms with Gasteiger partial charge in [-0.15, -0.1) is 0 Å². The van der Waals surface area contributed by atoms with E-state index in [-0.39, 0.29) is 33.0 Å². The maximum Gasteiger partial charge on any atom is 0.256 e. The number of rotatable bonds is 7. The number of methoxy groups -OCH3 is 2. The highest BCUT2D eigenvalue weighted by atomic mass is 79.9. The van der Waals surface area contributed by atoms with Gasteiger partial charge in [-0.3, -0.25) is 9.59 Å². The van der Waals surface area contributed by atoms with Crippen LogP contribution >= 0.6 is 34.7 Å². The number of aryl methyl sites for hydroxylation is 3. The van der Waals surface area contributed by atoms with E-state index in [0.717, 1.165) is 5.56 Å². The SMILES string of the molecule is COc1c(Cl)cc(Br)c(OC)c1P(=O)(C(=O)c1ccccc1)C(=O)c1c(C)cc(C)cc1C. The molecule has 0 amide bonds. The van der Waals surface area contributed by atoms with Crippen molar-refractivity contribution in [3.05, 3.63) is 85.8 Å². The number of halogens is 2. The normalized spacial score (nSPS) is 12.7. The first-order chi connectivity index (χ1) is 15.6. The van der Waals surface area contributed by atoms with Crippen LogP contribution in [0, 0.1) is 20.8 Å². The molecule has 0 aliphatic carbocycles. The molecule has 0 heterocycles. The summed E-state index contributed by atoms with van der Waals surface area (Å²) in [6.45, 7) is 5.42. The molecule has 0 aromatic heterocycles. The zero-order chi connectivity index (χ0) is 24.5. The minimum absolute atomic E-state index is 0.0416. The summed E-state index contributed by atoms with van der Waals surface area (Å²) in [6.07, 6.45) is 0. The van der Waals surface area contributed by atoms with Crippen molar-refractivity contribution in [1.29, 1.82) is 0 Å². The lowest BCUT2D eigenvalue weighted by molar-refractivity contribution is 0.104. The molecule has 172 valence electrons. The number of hydrogen-bond acceptors (Lipinski definition) is 5. The number of carbonyl (C=O) groups is 2. The molecular weight excluding hydrogens is 527 g/mol. The van der Waals surface area contributed by atoms with Crippen molar-refractivity contribution in [2.75, 3.05) is 14.2 Å². The second kappa shape index (κ2) is 9.84. The van der Waals surface area contributed by atoms with Gasteiger partial charge < -0.3 is 14.0 Å². The van der Waals surface area contributed by atoms with Crippen LogP contribution in [0.5, 0.6) is 11.5 Å². The molecule has 0 spiro atoms. The highest BCUT2D eigenvalue weighted by molar-refractivity contribution is 9.10. The molecule has 0 fully saturated rings. The van der Waals surface area contributed by atoms with Gasteiger partial charge in [0.2, 0.25) is 11.0 Å². The molecule has 3 aromatic rings. The quantitative estimate of drug-likeness (QED) is 0.306. The Balaban J connectivity index is 2.48. The van der Waals surface area contributed by atoms with Crippen LogP contribution in [0.1, 0.15) is 37.4 Å². The van der Waals surface area contributed by atoms with E-state index in [2.05, 4.69) is 15.9 Å². The van der Waals surface area contributed by atoms with E-state index in [9.17, 15) is 14.2 Å². The third-order valence-corrected chi connectivity index (χ3v) is 8.86. The molecule has 0 aliphatic rings. The summed E-state index contributed by atoms with van der Waals surface area (Å²) in [4.78, 5) is 28.0. The van der Waals surface area contributed by atoms with E-state index >= 15 is 0 Å². The lowest BCUT2D eigenvalue weighted by Crippen LogP contribution is -2.25. The number of carbonyl (C=O) groups excluding carboxylic acids is 2. The Hall–Kier alpha value is -2.40. The van der Waals surface area contributed by atoms with Crippen molar-refractivity contribution in [3.63, 3.8) is 0 Å². The van der Waals surface area contributed by atoms with Crippen LogP contribution in [0.3, 0.4) is 0 Å². The molecule has 0 bridgehead atoms. The van der Waals surface area contributed by atoms with Crippen LogP contribution in [-0.4, -0.2) is 25.3 Å². The Morgan fingerprint density at radius 2 is 1.42 bits per heavy atom. The van der Waals surface area contributed by atoms with Crippen LogP contribution in [0.25, 0.3) is 0 Å². The summed E-state index contributed by atoms with van der Waals surface area (Å²) < 4.78 is 26.2. The summed E-state index contributed by atoms with van der Waals surface area (Å²) in [6, 6.07) is 13.2. The molecule has 0 N–H and O–H groups in total. The van der Waals surface area contributed by atoms with E-state index < -0.39 is 18.2 Å². The summed E-state index contributed by atoms with van der Waals surface area (Å²) in [5.41, 5.74) is 0.947. The fraction of sp³-hybridized carbons (Fsp3) is 0.200. The molecule has 1 atom stereocenters. The van der Waals surface area contributed by atoms with E-state index in [4.69, 9.17) is 21.1 Å². The minimum atomic E-state index is -4.57. The Labute approximate surface area is 206 Å². The first-order valence-corrected chi connectivity index (χ1v) is 12.9. The molecule has 1 unspecified atom stereocenters. The largest absolute Gasteiger partial charge is 0.495 e. The monoisotopic (exact) mass is 548 g/mol. The van der Waals surface area contributed by atoms with Crippen molar-refractivity contribution in [2.45, 2.75) is 20.8 Å². The third-order valence-electron chi connectivity index (χ3n) is 5.32. The summed E-state index contributed by atoms with van der Waals surface area (Å²) in [7, 11) is -1.87. The zero-order valence-electron chi connectivity index (χ0n) is 18.9. The van der Waals surface area contributed by atoms with E-state index in [1.165, 1.54) is 32.4 Å². The van der Waals surface area contributed by atoms with E-state index in [0.29, 0.717) is 15.6 Å². The molecule has 0 saturated carbocycles. The molecule has 5 nitrogen and oxygen atoms in total. The van der Waals surface area contributed by atoms with Gasteiger partial charge in [0.05, 0.1) is 23.7 Å². The van der Waals surface area contributed by atoms with Gasteiger partial charge in [0.25, 0.3) is 7.14 Å². The third kappa shape index (κ3) is 4.40. The number of hydrogen-bond donors (Lipinski definition) is 0. The topological polar surface area (TPSA) is 69.7 Å². The van der Waals surface area contributed by atoms with Crippen molar-refractivity contribution in [1.82, 2.24) is 0 Å². The fourth-order valence-electron chi connectivity index (χ4n) is 3.98. The summed E-state index contributed by atoms with van der Waals surface area (Å²) in [5, 5.41) is -0.0727. The van der Waals surface area contributed by atoms with Gasteiger partial charge in [0.15, 0.2) is 5.75 Å². The van der Waals surface area contributed by atoms with E-state index in [1.807, 2.05) is 19.1 Å². The van der Waals surface area contributed by atoms with Crippen molar-refractivity contribution < 1.29 is 23.6 Å². The molecule has 33 heavy (non-hydrogen) atoms. The summed E-state index contributed by atoms with van der Waals surface area (Å²) in [5.74, 6) is 0.0136. The van der Waals surface area contributed by atoms with Crippen LogP contribution in [0.2, 0.25) is 5.02 Å². The van der Waals surface area contributed by atoms with Crippen molar-refractivity contribution >= 4 is 51.0 Å². The standard InChI is InChI=1S/C25H23BrClO5P/c1-14-11-15(2)20(16(3)12-14)25(29)33(30,24(28)17-9-7-6-8-10-17)23-21(31-4)18(26)13-19(27)22(23)32-5/h6-13H,1-5H3. The van der Waals surface area contributed by atoms with Gasteiger partial charge in [-0.25, -0.2) is 0 Å². The Morgan fingerprint density at radius 1 is 0.879 bits per heavy atom. The van der Waals surface area contributed by atoms with Gasteiger partial charge in [-0.05, 0) is 53.9 Å². The maximum absolute atomic E-state index is 14.9. The Kier molecular flexibility index (Phi) is 7.52. The highest BCUT2D eigenvalue weighted by Crippen LogP contribution is 2.57. The Bertz CT molecular complexity index is 1250. The molecule has 3 aromatic carbocycles. The van der Waals surface area contributed by atoms with Gasteiger partial charge in [-0.1, -0.05) is 59.6 Å². The average molecular weight is 550 g/mol. The molecule has 0 radical (unpaired) electrons. The lowest BCUT2D eigenvalue weighted by atomic mass is 10.0. The second-order valence-corrected chi connectivity index (χ2v) is 11.4. The van der Waals surface area contributed by atoms with Crippen molar-refractivity contribution in [2.24, 2.45) is 0 Å². The average Bonchev–Trinajstić information content (AvgIpc) is 2.77. The van der Waals surface area contributed by atoms with Crippen LogP contribution in [0.4, 0.5) is 0 Å². The van der Waals surface area contributed by atoms with Gasteiger partial charge in [-0.2, -0.15) is 0 Å². The van der Waals surface area contributed by atoms with E-state index in [1.54, 1.807) is 32.0 Å². The van der Waals surface area contributed by atoms with Gasteiger partial charge >= 0.3 is 0 Å². The highest BCUT2D eigenvalue weighted by Gasteiger charge is 2.48. The first-order valence-electron chi connectivity index (χ1n) is 10.0. The first kappa shape index (κ1) is 25.2. The van der Waals surface area contributed by atoms with Gasteiger partial charge in [0, 0.05) is 11.1 Å². The second-order valence-electron chi connectivity index (χ2n) is 7.61. The smallest absolute Gasteiger partial charge is 0.256 e. The van der Waals surface area contributed by atoms with Gasteiger partial charge in [0.1, 0.15) is 11.1 Å². The zero-order valence-corrected chi connectivity index (χ0v) is 22.1. The van der Waals surface area contributed by atoms with Crippen LogP contribution < -0.4 is 14.8 Å². The molecule has 0 saturated heterocycles. The number of benzene rings is 3. The number of ether oxygens (including phenoxy) is 2. The molecule has 8 heteroatoms. The molecular formula is C25H23BrClO5P. The lowest BCUT2D eigenvalue weighted by Gasteiger charge is -2.24. The Morgan fingerprint density at radius 3 is 1.94 bits per heavy atom. The minimum Gasteiger partial charge on any atom is -0.495 e. The summed E-state index contributed by atoms with van der Waals surface area (Å²) >= 11 is 9.75. The maximum atomic E-state index is 14.9. The van der Waals surface area contributed by atoms with Crippen molar-refractivity contribution in [3.8, 4) is 11.5 Å². The molecule has 0 aliphatic heterocycles. The fourth-order valence-corrected chi connectivity index (χ4v) is 7.97. The predicted molar refractivity (Wildman–Crippen MR) is 135 cm³/mol.